The van der Waals surface area contributed by atoms with Gasteiger partial charge in [-0.05, 0) is 18.1 Å². The van der Waals surface area contributed by atoms with Crippen molar-refractivity contribution in [2.24, 2.45) is 0 Å². The molecular weight excluding hydrogens is 286 g/mol. The Bertz CT molecular complexity index is 667. The van der Waals surface area contributed by atoms with Gasteiger partial charge in [0.2, 0.25) is 0 Å². The number of sulfonamides is 1. The van der Waals surface area contributed by atoms with Gasteiger partial charge in [-0.15, -0.1) is 11.6 Å². The molecule has 0 fully saturated rings. The largest absolute Gasteiger partial charge is 0.332 e. The van der Waals surface area contributed by atoms with E-state index in [-0.39, 0.29) is 11.6 Å². The summed E-state index contributed by atoms with van der Waals surface area (Å²) in [4.78, 5) is 6.57. The molecule has 0 spiro atoms. The first-order chi connectivity index (χ1) is 9.01. The summed E-state index contributed by atoms with van der Waals surface area (Å²) in [7, 11) is -3.56. The van der Waals surface area contributed by atoms with Crippen molar-refractivity contribution < 1.29 is 8.42 Å². The molecule has 0 amide bonds. The molecule has 0 saturated carbocycles. The van der Waals surface area contributed by atoms with Gasteiger partial charge in [0.1, 0.15) is 5.82 Å². The van der Waals surface area contributed by atoms with Crippen molar-refractivity contribution >= 4 is 21.6 Å². The molecule has 1 heterocycles. The maximum Gasteiger partial charge on any atom is 0.257 e. The minimum absolute atomic E-state index is 0.0681. The molecule has 19 heavy (non-hydrogen) atoms. The zero-order valence-corrected chi connectivity index (χ0v) is 11.9. The Morgan fingerprint density at radius 3 is 2.74 bits per heavy atom. The smallest absolute Gasteiger partial charge is 0.257 e. The average Bonchev–Trinajstić information content (AvgIpc) is 2.84. The lowest BCUT2D eigenvalue weighted by Crippen LogP contribution is -2.23. The number of alkyl halides is 1. The van der Waals surface area contributed by atoms with Gasteiger partial charge in [-0.2, -0.15) is 0 Å². The van der Waals surface area contributed by atoms with Gasteiger partial charge in [-0.1, -0.05) is 24.3 Å². The van der Waals surface area contributed by atoms with Crippen molar-refractivity contribution in [2.45, 2.75) is 24.4 Å². The second kappa shape index (κ2) is 5.73. The number of aryl methyl sites for hydroxylation is 1. The fourth-order valence-electron chi connectivity index (χ4n) is 1.61. The first kappa shape index (κ1) is 14.0. The third kappa shape index (κ3) is 3.56. The Labute approximate surface area is 117 Å². The predicted octanol–water partition coefficient (Wildman–Crippen LogP) is 1.94. The molecule has 1 aromatic heterocycles. The van der Waals surface area contributed by atoms with Crippen molar-refractivity contribution in [3.05, 3.63) is 47.4 Å². The highest BCUT2D eigenvalue weighted by Gasteiger charge is 2.15. The van der Waals surface area contributed by atoms with Crippen molar-refractivity contribution in [1.82, 2.24) is 14.7 Å². The van der Waals surface area contributed by atoms with E-state index in [1.54, 1.807) is 6.92 Å². The minimum atomic E-state index is -3.56. The van der Waals surface area contributed by atoms with Crippen molar-refractivity contribution in [1.29, 1.82) is 0 Å². The van der Waals surface area contributed by atoms with E-state index in [1.165, 1.54) is 6.20 Å². The van der Waals surface area contributed by atoms with E-state index < -0.39 is 10.0 Å². The second-order valence-electron chi connectivity index (χ2n) is 4.11. The molecule has 5 nitrogen and oxygen atoms in total. The molecule has 2 rings (SSSR count). The number of nitrogens with zero attached hydrogens (tertiary/aromatic N) is 1. The maximum absolute atomic E-state index is 12.0. The number of aromatic nitrogens is 2. The fourth-order valence-corrected chi connectivity index (χ4v) is 2.77. The summed E-state index contributed by atoms with van der Waals surface area (Å²) in [5, 5.41) is 0.0681. The van der Waals surface area contributed by atoms with Crippen LogP contribution in [-0.4, -0.2) is 18.4 Å². The fraction of sp³-hybridized carbons (Fsp3) is 0.250. The highest BCUT2D eigenvalue weighted by atomic mass is 35.5. The van der Waals surface area contributed by atoms with Crippen LogP contribution < -0.4 is 4.72 Å². The quantitative estimate of drug-likeness (QED) is 0.829. The van der Waals surface area contributed by atoms with Crippen LogP contribution in [-0.2, 0) is 22.4 Å². The van der Waals surface area contributed by atoms with Crippen molar-refractivity contribution in [2.75, 3.05) is 0 Å². The first-order valence-corrected chi connectivity index (χ1v) is 7.68. The second-order valence-corrected chi connectivity index (χ2v) is 6.11. The van der Waals surface area contributed by atoms with Crippen LogP contribution in [0.3, 0.4) is 0 Å². The normalized spacial score (nSPS) is 11.7. The van der Waals surface area contributed by atoms with Crippen LogP contribution >= 0.6 is 11.6 Å². The molecule has 2 N–H and O–H groups in total. The van der Waals surface area contributed by atoms with Crippen LogP contribution in [0.15, 0.2) is 35.5 Å². The molecular formula is C12H14ClN3O2S. The van der Waals surface area contributed by atoms with Gasteiger partial charge in [0, 0.05) is 12.4 Å². The third-order valence-electron chi connectivity index (χ3n) is 2.58. The molecule has 1 aromatic carbocycles. The van der Waals surface area contributed by atoms with Crippen molar-refractivity contribution in [3.63, 3.8) is 0 Å². The van der Waals surface area contributed by atoms with Crippen LogP contribution in [0.4, 0.5) is 0 Å². The Morgan fingerprint density at radius 2 is 2.11 bits per heavy atom. The third-order valence-corrected chi connectivity index (χ3v) is 4.20. The molecule has 0 bridgehead atoms. The van der Waals surface area contributed by atoms with Gasteiger partial charge in [0.05, 0.1) is 6.20 Å². The van der Waals surface area contributed by atoms with Crippen LogP contribution in [0.1, 0.15) is 17.0 Å². The average molecular weight is 300 g/mol. The van der Waals surface area contributed by atoms with Gasteiger partial charge in [0.15, 0.2) is 5.03 Å². The van der Waals surface area contributed by atoms with Gasteiger partial charge in [-0.25, -0.2) is 18.1 Å². The lowest BCUT2D eigenvalue weighted by Gasteiger charge is -2.06. The van der Waals surface area contributed by atoms with E-state index in [4.69, 9.17) is 11.6 Å². The summed E-state index contributed by atoms with van der Waals surface area (Å²) >= 11 is 5.74. The standard InChI is InChI=1S/C12H14ClN3O2S/c1-9-14-8-12(16-9)19(17,18)15-7-11-4-2-3-10(5-11)6-13/h2-5,8,15H,6-7H2,1H3,(H,14,16). The lowest BCUT2D eigenvalue weighted by atomic mass is 10.1. The van der Waals surface area contributed by atoms with Gasteiger partial charge in [0.25, 0.3) is 10.0 Å². The Kier molecular flexibility index (Phi) is 4.24. The van der Waals surface area contributed by atoms with Crippen LogP contribution in [0.5, 0.6) is 0 Å². The molecule has 0 radical (unpaired) electrons. The Hall–Kier alpha value is -1.37. The Morgan fingerprint density at radius 1 is 1.37 bits per heavy atom. The summed E-state index contributed by atoms with van der Waals surface area (Å²) in [6.07, 6.45) is 1.30. The highest BCUT2D eigenvalue weighted by Crippen LogP contribution is 2.10. The van der Waals surface area contributed by atoms with E-state index in [1.807, 2.05) is 24.3 Å². The molecule has 0 saturated heterocycles. The number of imidazole rings is 1. The predicted molar refractivity (Wildman–Crippen MR) is 73.3 cm³/mol. The highest BCUT2D eigenvalue weighted by molar-refractivity contribution is 7.89. The van der Waals surface area contributed by atoms with Gasteiger partial charge < -0.3 is 4.98 Å². The van der Waals surface area contributed by atoms with E-state index in [2.05, 4.69) is 14.7 Å². The zero-order valence-electron chi connectivity index (χ0n) is 10.4. The van der Waals surface area contributed by atoms with E-state index in [9.17, 15) is 8.42 Å². The Balaban J connectivity index is 2.09. The zero-order chi connectivity index (χ0) is 13.9. The number of rotatable bonds is 5. The number of hydrogen-bond acceptors (Lipinski definition) is 3. The summed E-state index contributed by atoms with van der Waals surface area (Å²) in [5.41, 5.74) is 1.81. The first-order valence-electron chi connectivity index (χ1n) is 5.66. The lowest BCUT2D eigenvalue weighted by molar-refractivity contribution is 0.578. The minimum Gasteiger partial charge on any atom is -0.332 e. The number of halogens is 1. The van der Waals surface area contributed by atoms with Crippen LogP contribution in [0, 0.1) is 6.92 Å². The SMILES string of the molecule is Cc1ncc(S(=O)(=O)NCc2cccc(CCl)c2)[nH]1. The molecule has 2 aromatic rings. The van der Waals surface area contributed by atoms with E-state index in [0.29, 0.717) is 11.7 Å². The van der Waals surface area contributed by atoms with E-state index >= 15 is 0 Å². The summed E-state index contributed by atoms with van der Waals surface area (Å²) in [6.45, 7) is 1.91. The van der Waals surface area contributed by atoms with Crippen molar-refractivity contribution in [3.8, 4) is 0 Å². The number of aromatic amines is 1. The number of H-pyrrole nitrogens is 1. The molecule has 0 unspecified atom stereocenters. The van der Waals surface area contributed by atoms with E-state index in [0.717, 1.165) is 11.1 Å². The molecule has 0 aliphatic heterocycles. The molecule has 0 aliphatic rings. The summed E-state index contributed by atoms with van der Waals surface area (Å²) in [5.74, 6) is 0.963. The maximum atomic E-state index is 12.0. The summed E-state index contributed by atoms with van der Waals surface area (Å²) in [6, 6.07) is 7.45. The monoisotopic (exact) mass is 299 g/mol. The van der Waals surface area contributed by atoms with Gasteiger partial charge in [-0.3, -0.25) is 0 Å². The van der Waals surface area contributed by atoms with Crippen LogP contribution in [0.25, 0.3) is 0 Å². The van der Waals surface area contributed by atoms with Gasteiger partial charge >= 0.3 is 0 Å². The molecule has 0 aliphatic carbocycles. The summed E-state index contributed by atoms with van der Waals surface area (Å²) < 4.78 is 26.4. The number of hydrogen-bond donors (Lipinski definition) is 2. The van der Waals surface area contributed by atoms with Crippen LogP contribution in [0.2, 0.25) is 0 Å². The molecule has 102 valence electrons. The molecule has 0 atom stereocenters. The number of benzene rings is 1. The molecule has 7 heteroatoms. The number of nitrogens with one attached hydrogen (secondary N) is 2. The topological polar surface area (TPSA) is 74.8 Å².